The molecule has 0 saturated heterocycles. The molecule has 0 fully saturated rings. The van der Waals surface area contributed by atoms with Gasteiger partial charge in [0.25, 0.3) is 0 Å². The summed E-state index contributed by atoms with van der Waals surface area (Å²) >= 11 is 1.32. The van der Waals surface area contributed by atoms with Gasteiger partial charge < -0.3 is 38.5 Å². The predicted molar refractivity (Wildman–Crippen MR) is 122 cm³/mol. The lowest BCUT2D eigenvalue weighted by atomic mass is 10.2. The summed E-state index contributed by atoms with van der Waals surface area (Å²) in [6.07, 6.45) is 0.829. The molecule has 1 atom stereocenters. The van der Waals surface area contributed by atoms with Crippen LogP contribution in [0.15, 0.2) is 0 Å². The van der Waals surface area contributed by atoms with Gasteiger partial charge in [-0.15, -0.1) is 0 Å². The second-order valence-corrected chi connectivity index (χ2v) is 12.4. The largest absolute Gasteiger partial charge is 0.745 e. The van der Waals surface area contributed by atoms with Crippen LogP contribution in [-0.2, 0) is 37.7 Å². The Morgan fingerprint density at radius 3 is 2.15 bits per heavy atom. The molecule has 0 aliphatic carbocycles. The molecule has 16 heteroatoms. The van der Waals surface area contributed by atoms with Crippen molar-refractivity contribution in [1.29, 1.82) is 0 Å². The monoisotopic (exact) mass is 532 g/mol. The van der Waals surface area contributed by atoms with Crippen molar-refractivity contribution in [3.8, 4) is 0 Å². The third kappa shape index (κ3) is 15.9. The molecule has 0 radical (unpaired) electrons. The number of amides is 3. The van der Waals surface area contributed by atoms with Gasteiger partial charge in [0.1, 0.15) is 10.1 Å². The van der Waals surface area contributed by atoms with Gasteiger partial charge in [-0.1, -0.05) is 6.92 Å². The van der Waals surface area contributed by atoms with E-state index in [-0.39, 0.29) is 31.4 Å². The highest BCUT2D eigenvalue weighted by Crippen LogP contribution is 2.14. The Hall–Kier alpha value is -1.43. The molecule has 0 aliphatic rings. The average Bonchev–Trinajstić information content (AvgIpc) is 2.78. The first-order valence-electron chi connectivity index (χ1n) is 10.1. The summed E-state index contributed by atoms with van der Waals surface area (Å²) in [6, 6.07) is 0.206. The first-order chi connectivity index (χ1) is 15.5. The topological polar surface area (TPSA) is 181 Å². The smallest absolute Gasteiger partial charge is 0.500 e. The average molecular weight is 533 g/mol. The maximum atomic E-state index is 11.8. The van der Waals surface area contributed by atoms with E-state index in [1.807, 2.05) is 0 Å². The highest BCUT2D eigenvalue weighted by molar-refractivity contribution is 7.99. The van der Waals surface area contributed by atoms with Crippen LogP contribution >= 0.6 is 11.8 Å². The number of carbonyl (C=O) groups is 3. The van der Waals surface area contributed by atoms with Crippen LogP contribution < -0.4 is 16.0 Å². The molecule has 0 spiro atoms. The summed E-state index contributed by atoms with van der Waals surface area (Å²) in [5.74, 6) is -2.04. The lowest BCUT2D eigenvalue weighted by molar-refractivity contribution is -0.145. The Kier molecular flexibility index (Phi) is 16.3. The number of hydrogen-bond donors (Lipinski definition) is 3. The molecule has 194 valence electrons. The molecule has 13 nitrogen and oxygen atoms in total. The molecule has 0 rings (SSSR count). The zero-order valence-electron chi connectivity index (χ0n) is 19.3. The Labute approximate surface area is 200 Å². The Bertz CT molecular complexity index is 699. The maximum Gasteiger partial charge on any atom is 0.500 e. The van der Waals surface area contributed by atoms with E-state index in [4.69, 9.17) is 13.3 Å². The van der Waals surface area contributed by atoms with Crippen molar-refractivity contribution < 1.29 is 45.4 Å². The molecule has 1 unspecified atom stereocenters. The number of rotatable bonds is 18. The van der Waals surface area contributed by atoms with E-state index < -0.39 is 36.7 Å². The van der Waals surface area contributed by atoms with E-state index in [9.17, 15) is 27.4 Å². The Morgan fingerprint density at radius 2 is 1.58 bits per heavy atom. The number of nitrogens with one attached hydrogen (secondary N) is 3. The molecule has 0 bridgehead atoms. The second kappa shape index (κ2) is 17.1. The zero-order valence-corrected chi connectivity index (χ0v) is 22.0. The van der Waals surface area contributed by atoms with Crippen molar-refractivity contribution in [3.63, 3.8) is 0 Å². The van der Waals surface area contributed by atoms with E-state index >= 15 is 0 Å². The standard InChI is InChI=1S/C17H35N3O10S2Si/c1-14(16(22)30-13-32(24,25)26)12-31-10-6-15(21)18-8-9-20-17(23)19-7-5-11-33(27-2,28-3)29-4/h14H,5-13H2,1-4H3,(H,18,21)(H2,19,20,23)(H,24,25,26)/p-1. The normalized spacial score (nSPS) is 12.6. The van der Waals surface area contributed by atoms with Crippen LogP contribution in [0.25, 0.3) is 0 Å². The van der Waals surface area contributed by atoms with Gasteiger partial charge in [0.15, 0.2) is 5.94 Å². The van der Waals surface area contributed by atoms with Gasteiger partial charge in [-0.2, -0.15) is 11.8 Å². The third-order valence-electron chi connectivity index (χ3n) is 4.20. The summed E-state index contributed by atoms with van der Waals surface area (Å²) in [4.78, 5) is 35.1. The molecule has 0 saturated carbocycles. The molecule has 33 heavy (non-hydrogen) atoms. The minimum Gasteiger partial charge on any atom is -0.745 e. The molecule has 0 aliphatic heterocycles. The van der Waals surface area contributed by atoms with Gasteiger partial charge in [0.05, 0.1) is 5.92 Å². The summed E-state index contributed by atoms with van der Waals surface area (Å²) in [7, 11) is -2.69. The summed E-state index contributed by atoms with van der Waals surface area (Å²) in [5.41, 5.74) is 0. The fourth-order valence-electron chi connectivity index (χ4n) is 2.36. The van der Waals surface area contributed by atoms with Crippen LogP contribution in [0.1, 0.15) is 19.8 Å². The van der Waals surface area contributed by atoms with Crippen LogP contribution in [0.3, 0.4) is 0 Å². The summed E-state index contributed by atoms with van der Waals surface area (Å²) in [5, 5.41) is 7.99. The van der Waals surface area contributed by atoms with E-state index in [2.05, 4.69) is 20.7 Å². The second-order valence-electron chi connectivity index (χ2n) is 6.80. The number of urea groups is 1. The van der Waals surface area contributed by atoms with Crippen molar-refractivity contribution in [1.82, 2.24) is 16.0 Å². The quantitative estimate of drug-likeness (QED) is 0.0893. The van der Waals surface area contributed by atoms with Crippen LogP contribution in [0, 0.1) is 5.92 Å². The minimum atomic E-state index is -4.62. The van der Waals surface area contributed by atoms with Gasteiger partial charge in [0.2, 0.25) is 5.91 Å². The van der Waals surface area contributed by atoms with E-state index in [1.54, 1.807) is 0 Å². The van der Waals surface area contributed by atoms with Crippen molar-refractivity contribution >= 4 is 48.6 Å². The van der Waals surface area contributed by atoms with Gasteiger partial charge in [-0.25, -0.2) is 13.2 Å². The lowest BCUT2D eigenvalue weighted by Gasteiger charge is -2.24. The highest BCUT2D eigenvalue weighted by atomic mass is 32.2. The van der Waals surface area contributed by atoms with Crippen molar-refractivity contribution in [2.45, 2.75) is 25.8 Å². The van der Waals surface area contributed by atoms with Crippen LogP contribution in [0.4, 0.5) is 4.79 Å². The van der Waals surface area contributed by atoms with Crippen LogP contribution in [-0.4, -0.2) is 98.1 Å². The van der Waals surface area contributed by atoms with Crippen LogP contribution in [0.5, 0.6) is 0 Å². The molecular formula is C17H34N3O10S2Si-. The molecule has 3 amide bonds. The first kappa shape index (κ1) is 31.6. The van der Waals surface area contributed by atoms with E-state index in [0.717, 1.165) is 0 Å². The predicted octanol–water partition coefficient (Wildman–Crippen LogP) is -0.525. The molecule has 0 heterocycles. The van der Waals surface area contributed by atoms with Crippen molar-refractivity contribution in [2.75, 3.05) is 58.4 Å². The molecule has 0 aromatic rings. The summed E-state index contributed by atoms with van der Waals surface area (Å²) < 4.78 is 51.6. The van der Waals surface area contributed by atoms with E-state index in [0.29, 0.717) is 30.5 Å². The minimum absolute atomic E-state index is 0.206. The number of esters is 1. The number of hydrogen-bond acceptors (Lipinski definition) is 11. The highest BCUT2D eigenvalue weighted by Gasteiger charge is 2.36. The van der Waals surface area contributed by atoms with Gasteiger partial charge in [0, 0.05) is 64.9 Å². The van der Waals surface area contributed by atoms with Crippen LogP contribution in [0.2, 0.25) is 6.04 Å². The maximum absolute atomic E-state index is 11.8. The number of ether oxygens (including phenoxy) is 1. The first-order valence-corrected chi connectivity index (χ1v) is 14.8. The lowest BCUT2D eigenvalue weighted by Crippen LogP contribution is -2.44. The van der Waals surface area contributed by atoms with Gasteiger partial charge in [-0.3, -0.25) is 9.59 Å². The molecule has 0 aromatic carbocycles. The molecule has 0 aromatic heterocycles. The SMILES string of the molecule is CO[Si](CCCNC(=O)NCCNC(=O)CCSCC(C)C(=O)OCS(=O)(=O)[O-])(OC)OC. The van der Waals surface area contributed by atoms with Crippen molar-refractivity contribution in [2.24, 2.45) is 5.92 Å². The van der Waals surface area contributed by atoms with E-state index in [1.165, 1.54) is 40.0 Å². The molecule has 3 N–H and O–H groups in total. The van der Waals surface area contributed by atoms with Gasteiger partial charge in [-0.05, 0) is 6.42 Å². The van der Waals surface area contributed by atoms with Crippen molar-refractivity contribution in [3.05, 3.63) is 0 Å². The Balaban J connectivity index is 3.79. The Morgan fingerprint density at radius 1 is 1.00 bits per heavy atom. The fraction of sp³-hybridized carbons (Fsp3) is 0.824. The zero-order chi connectivity index (χ0) is 25.3. The summed E-state index contributed by atoms with van der Waals surface area (Å²) in [6.45, 7) is 2.47. The number of carbonyl (C=O) groups excluding carboxylic acids is 3. The van der Waals surface area contributed by atoms with Gasteiger partial charge >= 0.3 is 20.8 Å². The molecular weight excluding hydrogens is 498 g/mol. The number of thioether (sulfide) groups is 1. The fourth-order valence-corrected chi connectivity index (χ4v) is 5.33. The third-order valence-corrected chi connectivity index (χ3v) is 8.67.